The Balaban J connectivity index is 3.12. The van der Waals surface area contributed by atoms with E-state index in [0.717, 1.165) is 0 Å². The van der Waals surface area contributed by atoms with E-state index in [-0.39, 0.29) is 50.4 Å². The summed E-state index contributed by atoms with van der Waals surface area (Å²) in [5.74, 6) is -1.77. The van der Waals surface area contributed by atoms with Gasteiger partial charge in [-0.2, -0.15) is 0 Å². The number of carbonyl (C=O) groups excluding carboxylic acids is 1. The molecule has 0 saturated carbocycles. The number of carboxylic acid groups (broad SMARTS) is 1. The summed E-state index contributed by atoms with van der Waals surface area (Å²) in [4.78, 5) is 23.5. The van der Waals surface area contributed by atoms with Crippen LogP contribution in [0.1, 0.15) is 44.7 Å². The van der Waals surface area contributed by atoms with Crippen molar-refractivity contribution in [2.24, 2.45) is 0 Å². The molecule has 4 N–H and O–H groups in total. The molecule has 0 spiro atoms. The van der Waals surface area contributed by atoms with E-state index in [0.29, 0.717) is 24.0 Å². The third kappa shape index (κ3) is 5.31. The van der Waals surface area contributed by atoms with Crippen molar-refractivity contribution in [3.05, 3.63) is 34.4 Å². The standard InChI is InChI=1S/C16H22O7/c17-7-1-2-10-23-16(22)14-4-3-13(15(20)21)11(5-8-18)12(14)6-9-19/h3-4,17-19H,1-2,5-10H2,(H,20,21). The number of esters is 1. The quantitative estimate of drug-likeness (QED) is 0.362. The van der Waals surface area contributed by atoms with Crippen molar-refractivity contribution in [3.63, 3.8) is 0 Å². The second kappa shape index (κ2) is 9.94. The molecule has 0 unspecified atom stereocenters. The van der Waals surface area contributed by atoms with Gasteiger partial charge in [0.1, 0.15) is 0 Å². The largest absolute Gasteiger partial charge is 0.478 e. The highest BCUT2D eigenvalue weighted by atomic mass is 16.5. The van der Waals surface area contributed by atoms with E-state index >= 15 is 0 Å². The maximum absolute atomic E-state index is 12.2. The molecule has 1 rings (SSSR count). The van der Waals surface area contributed by atoms with E-state index < -0.39 is 11.9 Å². The molecule has 23 heavy (non-hydrogen) atoms. The summed E-state index contributed by atoms with van der Waals surface area (Å²) in [5, 5.41) is 36.3. The number of benzene rings is 1. The third-order valence-corrected chi connectivity index (χ3v) is 3.39. The van der Waals surface area contributed by atoms with E-state index in [1.54, 1.807) is 0 Å². The van der Waals surface area contributed by atoms with Gasteiger partial charge in [0.2, 0.25) is 0 Å². The number of hydrogen-bond donors (Lipinski definition) is 4. The van der Waals surface area contributed by atoms with Gasteiger partial charge in [0.15, 0.2) is 0 Å². The van der Waals surface area contributed by atoms with Gasteiger partial charge in [-0.3, -0.25) is 0 Å². The van der Waals surface area contributed by atoms with Crippen molar-refractivity contribution in [1.82, 2.24) is 0 Å². The number of hydrogen-bond acceptors (Lipinski definition) is 6. The van der Waals surface area contributed by atoms with Gasteiger partial charge in [-0.15, -0.1) is 0 Å². The van der Waals surface area contributed by atoms with Crippen molar-refractivity contribution in [2.45, 2.75) is 25.7 Å². The zero-order valence-electron chi connectivity index (χ0n) is 12.8. The molecular weight excluding hydrogens is 304 g/mol. The number of aliphatic hydroxyl groups is 3. The molecule has 0 bridgehead atoms. The smallest absolute Gasteiger partial charge is 0.338 e. The Morgan fingerprint density at radius 1 is 0.870 bits per heavy atom. The van der Waals surface area contributed by atoms with Gasteiger partial charge in [-0.1, -0.05) is 0 Å². The number of aromatic carboxylic acids is 1. The summed E-state index contributed by atoms with van der Waals surface area (Å²) < 4.78 is 5.11. The molecule has 0 aromatic heterocycles. The van der Waals surface area contributed by atoms with Gasteiger partial charge in [0.05, 0.1) is 17.7 Å². The van der Waals surface area contributed by atoms with Crippen LogP contribution in [-0.4, -0.2) is 58.8 Å². The van der Waals surface area contributed by atoms with Gasteiger partial charge < -0.3 is 25.2 Å². The highest BCUT2D eigenvalue weighted by Gasteiger charge is 2.21. The molecule has 128 valence electrons. The summed E-state index contributed by atoms with van der Waals surface area (Å²) >= 11 is 0. The lowest BCUT2D eigenvalue weighted by molar-refractivity contribution is 0.0489. The average molecular weight is 326 g/mol. The molecule has 0 atom stereocenters. The van der Waals surface area contributed by atoms with Crippen molar-refractivity contribution in [2.75, 3.05) is 26.4 Å². The first-order valence-electron chi connectivity index (χ1n) is 7.44. The molecule has 0 fully saturated rings. The Kier molecular flexibility index (Phi) is 8.25. The maximum Gasteiger partial charge on any atom is 0.338 e. The third-order valence-electron chi connectivity index (χ3n) is 3.39. The number of carbonyl (C=O) groups is 2. The van der Waals surface area contributed by atoms with E-state index in [1.165, 1.54) is 12.1 Å². The van der Waals surface area contributed by atoms with Crippen LogP contribution in [-0.2, 0) is 17.6 Å². The Hall–Kier alpha value is -1.96. The fraction of sp³-hybridized carbons (Fsp3) is 0.500. The molecule has 0 saturated heterocycles. The summed E-state index contributed by atoms with van der Waals surface area (Å²) in [7, 11) is 0. The predicted octanol–water partition coefficient (Wildman–Crippen LogP) is 0.384. The topological polar surface area (TPSA) is 124 Å². The minimum Gasteiger partial charge on any atom is -0.478 e. The minimum atomic E-state index is -1.16. The molecule has 0 heterocycles. The van der Waals surface area contributed by atoms with E-state index in [9.17, 15) is 19.8 Å². The first-order chi connectivity index (χ1) is 11.1. The highest BCUT2D eigenvalue weighted by Crippen LogP contribution is 2.22. The van der Waals surface area contributed by atoms with Crippen LogP contribution in [0.2, 0.25) is 0 Å². The minimum absolute atomic E-state index is 0.000620. The second-order valence-corrected chi connectivity index (χ2v) is 4.94. The fourth-order valence-electron chi connectivity index (χ4n) is 2.34. The molecular formula is C16H22O7. The normalized spacial score (nSPS) is 10.6. The van der Waals surface area contributed by atoms with Crippen LogP contribution in [0.15, 0.2) is 12.1 Å². The van der Waals surface area contributed by atoms with E-state index in [4.69, 9.17) is 14.9 Å². The van der Waals surface area contributed by atoms with Crippen LogP contribution in [0.5, 0.6) is 0 Å². The highest BCUT2D eigenvalue weighted by molar-refractivity contribution is 5.95. The Morgan fingerprint density at radius 2 is 1.43 bits per heavy atom. The molecule has 7 nitrogen and oxygen atoms in total. The fourth-order valence-corrected chi connectivity index (χ4v) is 2.34. The van der Waals surface area contributed by atoms with Gasteiger partial charge >= 0.3 is 11.9 Å². The van der Waals surface area contributed by atoms with E-state index in [2.05, 4.69) is 0 Å². The average Bonchev–Trinajstić information content (AvgIpc) is 2.52. The zero-order valence-corrected chi connectivity index (χ0v) is 12.8. The molecule has 0 aliphatic heterocycles. The number of ether oxygens (including phenoxy) is 1. The molecule has 1 aromatic carbocycles. The first kappa shape index (κ1) is 19.1. The summed E-state index contributed by atoms with van der Waals surface area (Å²) in [6, 6.07) is 2.67. The van der Waals surface area contributed by atoms with Crippen LogP contribution in [0.4, 0.5) is 0 Å². The predicted molar refractivity (Wildman–Crippen MR) is 81.6 cm³/mol. The van der Waals surface area contributed by atoms with Crippen molar-refractivity contribution < 1.29 is 34.8 Å². The van der Waals surface area contributed by atoms with Crippen molar-refractivity contribution >= 4 is 11.9 Å². The van der Waals surface area contributed by atoms with Crippen LogP contribution >= 0.6 is 0 Å². The Labute approximate surface area is 134 Å². The molecule has 7 heteroatoms. The van der Waals surface area contributed by atoms with Gasteiger partial charge in [-0.25, -0.2) is 9.59 Å². The SMILES string of the molecule is O=C(O)c1ccc(C(=O)OCCCCO)c(CCO)c1CCO. The Morgan fingerprint density at radius 3 is 1.96 bits per heavy atom. The molecule has 0 amide bonds. The van der Waals surface area contributed by atoms with Crippen LogP contribution in [0, 0.1) is 0 Å². The molecule has 0 radical (unpaired) electrons. The molecule has 0 aliphatic rings. The zero-order chi connectivity index (χ0) is 17.2. The summed E-state index contributed by atoms with van der Waals surface area (Å²) in [6.07, 6.45) is 1.21. The van der Waals surface area contributed by atoms with Gasteiger partial charge in [0.25, 0.3) is 0 Å². The maximum atomic E-state index is 12.2. The first-order valence-corrected chi connectivity index (χ1v) is 7.44. The van der Waals surface area contributed by atoms with Crippen LogP contribution in [0.25, 0.3) is 0 Å². The van der Waals surface area contributed by atoms with E-state index in [1.807, 2.05) is 0 Å². The van der Waals surface area contributed by atoms with Crippen molar-refractivity contribution in [3.8, 4) is 0 Å². The molecule has 1 aromatic rings. The van der Waals surface area contributed by atoms with Gasteiger partial charge in [0, 0.05) is 19.8 Å². The van der Waals surface area contributed by atoms with Crippen LogP contribution in [0.3, 0.4) is 0 Å². The lowest BCUT2D eigenvalue weighted by atomic mass is 9.92. The lowest BCUT2D eigenvalue weighted by Gasteiger charge is -2.16. The van der Waals surface area contributed by atoms with Gasteiger partial charge in [-0.05, 0) is 48.9 Å². The number of unbranched alkanes of at least 4 members (excludes halogenated alkanes) is 1. The summed E-state index contributed by atoms with van der Waals surface area (Å²) in [5.41, 5.74) is 0.906. The molecule has 0 aliphatic carbocycles. The number of carboxylic acids is 1. The Bertz CT molecular complexity index is 539. The lowest BCUT2D eigenvalue weighted by Crippen LogP contribution is -2.16. The second-order valence-electron chi connectivity index (χ2n) is 4.94. The monoisotopic (exact) mass is 326 g/mol. The van der Waals surface area contributed by atoms with Crippen LogP contribution < -0.4 is 0 Å². The number of aliphatic hydroxyl groups excluding tert-OH is 3. The number of rotatable bonds is 10. The van der Waals surface area contributed by atoms with Crippen molar-refractivity contribution in [1.29, 1.82) is 0 Å². The summed E-state index contributed by atoms with van der Waals surface area (Å²) in [6.45, 7) is -0.366.